The zero-order chi connectivity index (χ0) is 18.6. The van der Waals surface area contributed by atoms with Gasteiger partial charge < -0.3 is 15.3 Å². The number of alkyl halides is 3. The van der Waals surface area contributed by atoms with Gasteiger partial charge in [0.05, 0.1) is 5.69 Å². The average molecular weight is 361 g/mol. The molecule has 0 saturated carbocycles. The number of carboxylic acid groups (broad SMARTS) is 1. The van der Waals surface area contributed by atoms with Gasteiger partial charge in [-0.05, 0) is 12.8 Å². The van der Waals surface area contributed by atoms with Crippen molar-refractivity contribution < 1.29 is 27.9 Å². The Balaban J connectivity index is 0.000000277. The van der Waals surface area contributed by atoms with Crippen molar-refractivity contribution in [2.24, 2.45) is 0 Å². The number of aliphatic carboxylic acids is 1. The maximum absolute atomic E-state index is 11.1. The first-order chi connectivity index (χ1) is 11.7. The molecule has 0 spiro atoms. The monoisotopic (exact) mass is 361 g/mol. The smallest absolute Gasteiger partial charge is 0.475 e. The number of hydrogen-bond donors (Lipinski definition) is 3. The van der Waals surface area contributed by atoms with Crippen LogP contribution in [-0.2, 0) is 22.7 Å². The number of nitrogens with zero attached hydrogens (tertiary/aromatic N) is 3. The minimum atomic E-state index is -5.08. The number of hydrogen-bond acceptors (Lipinski definition) is 6. The molecule has 1 amide bonds. The van der Waals surface area contributed by atoms with Gasteiger partial charge in [0.15, 0.2) is 0 Å². The van der Waals surface area contributed by atoms with Gasteiger partial charge in [-0.2, -0.15) is 18.2 Å². The van der Waals surface area contributed by atoms with Crippen molar-refractivity contribution in [3.8, 4) is 0 Å². The van der Waals surface area contributed by atoms with Gasteiger partial charge in [-0.15, -0.1) is 0 Å². The number of aromatic nitrogens is 2. The maximum atomic E-state index is 11.1. The number of fused-ring (bicyclic) bond motifs is 1. The maximum Gasteiger partial charge on any atom is 0.490 e. The molecule has 0 aromatic carbocycles. The molecule has 2 aliphatic rings. The first kappa shape index (κ1) is 18.9. The molecule has 0 atom stereocenters. The first-order valence-corrected chi connectivity index (χ1v) is 7.61. The quantitative estimate of drug-likeness (QED) is 0.728. The minimum absolute atomic E-state index is 0.131. The standard InChI is InChI=1S/C12H17N5O.C2HF3O2/c1-8(18)14-12-15-10-7-13-6-9(10)11(16-12)17-4-2-3-5-17;3-2(4,5)1(6)7/h13H,2-7H2,1H3,(H,14,15,16,18);(H,6,7). The van der Waals surface area contributed by atoms with Crippen molar-refractivity contribution in [2.45, 2.75) is 39.0 Å². The van der Waals surface area contributed by atoms with Crippen LogP contribution < -0.4 is 15.5 Å². The van der Waals surface area contributed by atoms with Gasteiger partial charge in [0, 0.05) is 38.7 Å². The fraction of sp³-hybridized carbons (Fsp3) is 0.571. The van der Waals surface area contributed by atoms with Gasteiger partial charge >= 0.3 is 12.1 Å². The summed E-state index contributed by atoms with van der Waals surface area (Å²) in [7, 11) is 0. The Kier molecular flexibility index (Phi) is 5.77. The molecule has 1 saturated heterocycles. The van der Waals surface area contributed by atoms with Crippen LogP contribution in [0, 0.1) is 0 Å². The second-order valence-electron chi connectivity index (χ2n) is 5.58. The average Bonchev–Trinajstić information content (AvgIpc) is 3.16. The zero-order valence-electron chi connectivity index (χ0n) is 13.5. The van der Waals surface area contributed by atoms with Crippen LogP contribution in [0.3, 0.4) is 0 Å². The van der Waals surface area contributed by atoms with E-state index < -0.39 is 12.1 Å². The lowest BCUT2D eigenvalue weighted by atomic mass is 10.2. The topological polar surface area (TPSA) is 107 Å². The lowest BCUT2D eigenvalue weighted by Gasteiger charge is -2.20. The number of nitrogens with one attached hydrogen (secondary N) is 2. The molecule has 138 valence electrons. The van der Waals surface area contributed by atoms with E-state index in [2.05, 4.69) is 25.5 Å². The van der Waals surface area contributed by atoms with Crippen LogP contribution in [-0.4, -0.2) is 46.2 Å². The van der Waals surface area contributed by atoms with E-state index in [1.54, 1.807) is 0 Å². The number of rotatable bonds is 2. The van der Waals surface area contributed by atoms with Gasteiger partial charge in [0.2, 0.25) is 11.9 Å². The summed E-state index contributed by atoms with van der Waals surface area (Å²) in [6, 6.07) is 0. The molecule has 3 N–H and O–H groups in total. The molecule has 2 aliphatic heterocycles. The molecule has 0 radical (unpaired) electrons. The summed E-state index contributed by atoms with van der Waals surface area (Å²) in [5, 5.41) is 13.1. The van der Waals surface area contributed by atoms with E-state index in [0.29, 0.717) is 5.95 Å². The first-order valence-electron chi connectivity index (χ1n) is 7.61. The van der Waals surface area contributed by atoms with Gasteiger partial charge in [0.1, 0.15) is 5.82 Å². The summed E-state index contributed by atoms with van der Waals surface area (Å²) in [4.78, 5) is 31.2. The number of amides is 1. The predicted molar refractivity (Wildman–Crippen MR) is 82.0 cm³/mol. The van der Waals surface area contributed by atoms with Crippen LogP contribution in [0.2, 0.25) is 0 Å². The van der Waals surface area contributed by atoms with Crippen molar-refractivity contribution in [3.05, 3.63) is 11.3 Å². The summed E-state index contributed by atoms with van der Waals surface area (Å²) in [6.45, 7) is 5.14. The fourth-order valence-electron chi connectivity index (χ4n) is 2.55. The third kappa shape index (κ3) is 5.02. The predicted octanol–water partition coefficient (Wildman–Crippen LogP) is 1.27. The Hall–Kier alpha value is -2.43. The molecular weight excluding hydrogens is 343 g/mol. The Morgan fingerprint density at radius 1 is 1.20 bits per heavy atom. The Labute approximate surface area is 141 Å². The van der Waals surface area contributed by atoms with Crippen LogP contribution >= 0.6 is 0 Å². The number of anilines is 2. The lowest BCUT2D eigenvalue weighted by Crippen LogP contribution is -2.22. The van der Waals surface area contributed by atoms with Crippen molar-refractivity contribution in [3.63, 3.8) is 0 Å². The molecule has 3 rings (SSSR count). The van der Waals surface area contributed by atoms with Crippen LogP contribution in [0.1, 0.15) is 31.0 Å². The molecule has 0 aliphatic carbocycles. The van der Waals surface area contributed by atoms with Gasteiger partial charge in [0.25, 0.3) is 0 Å². The third-order valence-electron chi connectivity index (χ3n) is 3.60. The second kappa shape index (κ2) is 7.64. The molecule has 25 heavy (non-hydrogen) atoms. The van der Waals surface area contributed by atoms with Crippen LogP contribution in [0.5, 0.6) is 0 Å². The third-order valence-corrected chi connectivity index (χ3v) is 3.60. The van der Waals surface area contributed by atoms with E-state index in [-0.39, 0.29) is 5.91 Å². The number of carbonyl (C=O) groups is 2. The SMILES string of the molecule is CC(=O)Nc1nc2c(c(N3CCCC3)n1)CNC2.O=C(O)C(F)(F)F. The molecule has 8 nitrogen and oxygen atoms in total. The summed E-state index contributed by atoms with van der Waals surface area (Å²) < 4.78 is 31.7. The highest BCUT2D eigenvalue weighted by Gasteiger charge is 2.38. The Bertz CT molecular complexity index is 660. The lowest BCUT2D eigenvalue weighted by molar-refractivity contribution is -0.192. The van der Waals surface area contributed by atoms with Crippen LogP contribution in [0.15, 0.2) is 0 Å². The van der Waals surface area contributed by atoms with E-state index in [1.807, 2.05) is 0 Å². The van der Waals surface area contributed by atoms with E-state index in [1.165, 1.54) is 25.3 Å². The molecule has 1 fully saturated rings. The van der Waals surface area contributed by atoms with Crippen LogP contribution in [0.25, 0.3) is 0 Å². The number of carboxylic acids is 1. The highest BCUT2D eigenvalue weighted by atomic mass is 19.4. The van der Waals surface area contributed by atoms with E-state index >= 15 is 0 Å². The molecule has 0 unspecified atom stereocenters. The summed E-state index contributed by atoms with van der Waals surface area (Å²) in [5.74, 6) is -1.47. The summed E-state index contributed by atoms with van der Waals surface area (Å²) in [6.07, 6.45) is -2.66. The second-order valence-corrected chi connectivity index (χ2v) is 5.58. The molecule has 0 bridgehead atoms. The molecule has 3 heterocycles. The van der Waals surface area contributed by atoms with E-state index in [9.17, 15) is 18.0 Å². The highest BCUT2D eigenvalue weighted by molar-refractivity contribution is 5.87. The van der Waals surface area contributed by atoms with Gasteiger partial charge in [-0.1, -0.05) is 0 Å². The van der Waals surface area contributed by atoms with Crippen molar-refractivity contribution in [2.75, 3.05) is 23.3 Å². The molecule has 1 aromatic rings. The van der Waals surface area contributed by atoms with E-state index in [0.717, 1.165) is 37.7 Å². The minimum Gasteiger partial charge on any atom is -0.475 e. The zero-order valence-corrected chi connectivity index (χ0v) is 13.5. The molecule has 1 aromatic heterocycles. The molecule has 11 heteroatoms. The number of carbonyl (C=O) groups excluding carboxylic acids is 1. The fourth-order valence-corrected chi connectivity index (χ4v) is 2.55. The summed E-state index contributed by atoms with van der Waals surface area (Å²) in [5.41, 5.74) is 2.20. The van der Waals surface area contributed by atoms with Crippen molar-refractivity contribution >= 4 is 23.6 Å². The van der Waals surface area contributed by atoms with E-state index in [4.69, 9.17) is 9.90 Å². The van der Waals surface area contributed by atoms with Gasteiger partial charge in [-0.3, -0.25) is 10.1 Å². The Morgan fingerprint density at radius 3 is 2.32 bits per heavy atom. The highest BCUT2D eigenvalue weighted by Crippen LogP contribution is 2.28. The van der Waals surface area contributed by atoms with Crippen molar-refractivity contribution in [1.29, 1.82) is 0 Å². The van der Waals surface area contributed by atoms with Gasteiger partial charge in [-0.25, -0.2) is 9.78 Å². The Morgan fingerprint density at radius 2 is 1.80 bits per heavy atom. The summed E-state index contributed by atoms with van der Waals surface area (Å²) >= 11 is 0. The largest absolute Gasteiger partial charge is 0.490 e. The molecular formula is C14H18F3N5O3. The normalized spacial score (nSPS) is 16.1. The number of halogens is 3. The van der Waals surface area contributed by atoms with Crippen LogP contribution in [0.4, 0.5) is 24.9 Å². The van der Waals surface area contributed by atoms with Crippen molar-refractivity contribution in [1.82, 2.24) is 15.3 Å².